The molecule has 0 fully saturated rings. The predicted molar refractivity (Wildman–Crippen MR) is 129 cm³/mol. The Hall–Kier alpha value is -4.12. The first-order chi connectivity index (χ1) is 17.2. The fraction of sp³-hybridized carbons (Fsp3) is 0.200. The van der Waals surface area contributed by atoms with Gasteiger partial charge in [0, 0.05) is 5.69 Å². The lowest BCUT2D eigenvalue weighted by Gasteiger charge is -2.33. The van der Waals surface area contributed by atoms with Crippen LogP contribution in [0.2, 0.25) is 0 Å². The molecule has 3 aromatic carbocycles. The summed E-state index contributed by atoms with van der Waals surface area (Å²) in [5.41, 5.74) is 1.20. The van der Waals surface area contributed by atoms with Crippen molar-refractivity contribution in [2.45, 2.75) is 17.9 Å². The van der Waals surface area contributed by atoms with Gasteiger partial charge in [0.2, 0.25) is 6.10 Å². The molecule has 0 aliphatic carbocycles. The molecule has 3 aromatic rings. The zero-order chi connectivity index (χ0) is 25.9. The molecule has 0 radical (unpaired) electrons. The number of halogens is 1. The number of nitrogens with one attached hydrogen (secondary N) is 1. The molecule has 0 bridgehead atoms. The molecule has 36 heavy (non-hydrogen) atoms. The predicted octanol–water partition coefficient (Wildman–Crippen LogP) is 3.28. The van der Waals surface area contributed by atoms with Crippen LogP contribution in [-0.2, 0) is 24.3 Å². The van der Waals surface area contributed by atoms with Crippen molar-refractivity contribution >= 4 is 33.3 Å². The molecule has 11 heteroatoms. The van der Waals surface area contributed by atoms with Gasteiger partial charge in [-0.05, 0) is 67.1 Å². The van der Waals surface area contributed by atoms with Gasteiger partial charge >= 0.3 is 5.97 Å². The van der Waals surface area contributed by atoms with Crippen LogP contribution in [0.3, 0.4) is 0 Å². The number of nitrogens with zero attached hydrogens (tertiary/aromatic N) is 1. The van der Waals surface area contributed by atoms with Crippen LogP contribution in [0.15, 0.2) is 71.6 Å². The number of hydrogen-bond acceptors (Lipinski definition) is 7. The van der Waals surface area contributed by atoms with E-state index in [0.29, 0.717) is 22.7 Å². The van der Waals surface area contributed by atoms with E-state index in [-0.39, 0.29) is 23.7 Å². The number of esters is 1. The van der Waals surface area contributed by atoms with E-state index in [1.807, 2.05) is 0 Å². The second kappa shape index (κ2) is 10.2. The molecule has 1 N–H and O–H groups in total. The number of para-hydroxylation sites is 2. The SMILES string of the molecule is COC(=O)C1CN(C(=O)COc2ccc(S(=O)(=O)Nc3ccc(F)cc3)cc2C)c2ccccc2O1. The van der Waals surface area contributed by atoms with Gasteiger partial charge in [-0.3, -0.25) is 9.52 Å². The molecule has 1 heterocycles. The number of anilines is 2. The minimum absolute atomic E-state index is 0.0222. The molecule has 1 atom stereocenters. The van der Waals surface area contributed by atoms with Gasteiger partial charge in [-0.15, -0.1) is 0 Å². The van der Waals surface area contributed by atoms with Crippen LogP contribution in [-0.4, -0.2) is 46.7 Å². The third-order valence-electron chi connectivity index (χ3n) is 5.44. The molecule has 1 amide bonds. The zero-order valence-electron chi connectivity index (χ0n) is 19.4. The summed E-state index contributed by atoms with van der Waals surface area (Å²) in [5.74, 6) is -0.827. The third kappa shape index (κ3) is 5.41. The van der Waals surface area contributed by atoms with Crippen LogP contribution >= 0.6 is 0 Å². The van der Waals surface area contributed by atoms with E-state index in [2.05, 4.69) is 4.72 Å². The lowest BCUT2D eigenvalue weighted by atomic mass is 10.2. The maximum Gasteiger partial charge on any atom is 0.348 e. The Morgan fingerprint density at radius 1 is 1.11 bits per heavy atom. The van der Waals surface area contributed by atoms with Crippen LogP contribution in [0.5, 0.6) is 11.5 Å². The van der Waals surface area contributed by atoms with E-state index in [9.17, 15) is 22.4 Å². The summed E-state index contributed by atoms with van der Waals surface area (Å²) in [6, 6.07) is 15.9. The number of hydrogen-bond donors (Lipinski definition) is 1. The minimum Gasteiger partial charge on any atom is -0.483 e. The summed E-state index contributed by atoms with van der Waals surface area (Å²) in [4.78, 5) is 26.4. The molecular formula is C25H23FN2O7S. The van der Waals surface area contributed by atoms with Gasteiger partial charge in [-0.1, -0.05) is 12.1 Å². The second-order valence-electron chi connectivity index (χ2n) is 7.93. The van der Waals surface area contributed by atoms with Crippen molar-refractivity contribution in [3.8, 4) is 11.5 Å². The fourth-order valence-electron chi connectivity index (χ4n) is 3.63. The lowest BCUT2D eigenvalue weighted by molar-refractivity contribution is -0.148. The minimum atomic E-state index is -3.93. The lowest BCUT2D eigenvalue weighted by Crippen LogP contribution is -2.48. The van der Waals surface area contributed by atoms with Crippen molar-refractivity contribution in [2.24, 2.45) is 0 Å². The first-order valence-corrected chi connectivity index (χ1v) is 12.3. The Bertz CT molecular complexity index is 1390. The number of amides is 1. The molecule has 1 unspecified atom stereocenters. The summed E-state index contributed by atoms with van der Waals surface area (Å²) in [5, 5.41) is 0. The summed E-state index contributed by atoms with van der Waals surface area (Å²) in [6.07, 6.45) is -0.978. The normalized spacial score (nSPS) is 14.9. The number of carbonyl (C=O) groups excluding carboxylic acids is 2. The van der Waals surface area contributed by atoms with E-state index in [0.717, 1.165) is 12.1 Å². The molecule has 0 spiro atoms. The van der Waals surface area contributed by atoms with Crippen LogP contribution < -0.4 is 19.1 Å². The van der Waals surface area contributed by atoms with Gasteiger partial charge < -0.3 is 19.1 Å². The van der Waals surface area contributed by atoms with Gasteiger partial charge in [0.25, 0.3) is 15.9 Å². The van der Waals surface area contributed by atoms with Crippen LogP contribution in [0.1, 0.15) is 5.56 Å². The van der Waals surface area contributed by atoms with Gasteiger partial charge in [-0.25, -0.2) is 17.6 Å². The fourth-order valence-corrected chi connectivity index (χ4v) is 4.77. The maximum absolute atomic E-state index is 13.1. The van der Waals surface area contributed by atoms with E-state index < -0.39 is 33.8 Å². The molecule has 9 nitrogen and oxygen atoms in total. The maximum atomic E-state index is 13.1. The smallest absolute Gasteiger partial charge is 0.348 e. The standard InChI is InChI=1S/C25H23FN2O7S/c1-16-13-19(36(31,32)27-18-9-7-17(26)8-10-18)11-12-21(16)34-15-24(29)28-14-23(25(30)33-2)35-22-6-4-3-5-20(22)28/h3-13,23,27H,14-15H2,1-2H3. The van der Waals surface area contributed by atoms with E-state index in [1.165, 1.54) is 42.3 Å². The average molecular weight is 515 g/mol. The highest BCUT2D eigenvalue weighted by atomic mass is 32.2. The summed E-state index contributed by atoms with van der Waals surface area (Å²) >= 11 is 0. The van der Waals surface area contributed by atoms with E-state index >= 15 is 0 Å². The highest BCUT2D eigenvalue weighted by Crippen LogP contribution is 2.33. The molecule has 0 saturated heterocycles. The van der Waals surface area contributed by atoms with E-state index in [4.69, 9.17) is 14.2 Å². The first-order valence-electron chi connectivity index (χ1n) is 10.8. The summed E-state index contributed by atoms with van der Waals surface area (Å²) in [6.45, 7) is 1.24. The first kappa shape index (κ1) is 25.0. The van der Waals surface area contributed by atoms with Crippen LogP contribution in [0, 0.1) is 12.7 Å². The zero-order valence-corrected chi connectivity index (χ0v) is 20.3. The molecule has 188 valence electrons. The van der Waals surface area contributed by atoms with Crippen molar-refractivity contribution < 1.29 is 36.6 Å². The molecular weight excluding hydrogens is 491 g/mol. The highest BCUT2D eigenvalue weighted by Gasteiger charge is 2.34. The number of carbonyl (C=O) groups is 2. The Morgan fingerprint density at radius 2 is 1.83 bits per heavy atom. The summed E-state index contributed by atoms with van der Waals surface area (Å²) in [7, 11) is -2.69. The van der Waals surface area contributed by atoms with Crippen molar-refractivity contribution in [1.82, 2.24) is 0 Å². The molecule has 1 aliphatic rings. The number of aryl methyl sites for hydroxylation is 1. The Labute approximate surface area is 207 Å². The van der Waals surface area contributed by atoms with Crippen molar-refractivity contribution in [3.63, 3.8) is 0 Å². The number of fused-ring (bicyclic) bond motifs is 1. The molecule has 0 aromatic heterocycles. The largest absolute Gasteiger partial charge is 0.483 e. The Kier molecular flexibility index (Phi) is 7.11. The van der Waals surface area contributed by atoms with Gasteiger partial charge in [0.15, 0.2) is 6.61 Å². The van der Waals surface area contributed by atoms with Gasteiger partial charge in [0.05, 0.1) is 24.2 Å². The average Bonchev–Trinajstić information content (AvgIpc) is 2.87. The molecule has 1 aliphatic heterocycles. The van der Waals surface area contributed by atoms with Gasteiger partial charge in [0.1, 0.15) is 17.3 Å². The number of ether oxygens (including phenoxy) is 3. The highest BCUT2D eigenvalue weighted by molar-refractivity contribution is 7.92. The Balaban J connectivity index is 1.46. The monoisotopic (exact) mass is 514 g/mol. The topological polar surface area (TPSA) is 111 Å². The van der Waals surface area contributed by atoms with Crippen LogP contribution in [0.4, 0.5) is 15.8 Å². The van der Waals surface area contributed by atoms with Gasteiger partial charge in [-0.2, -0.15) is 0 Å². The number of methoxy groups -OCH3 is 1. The van der Waals surface area contributed by atoms with Crippen LogP contribution in [0.25, 0.3) is 0 Å². The summed E-state index contributed by atoms with van der Waals surface area (Å²) < 4.78 is 56.9. The second-order valence-corrected chi connectivity index (χ2v) is 9.61. The third-order valence-corrected chi connectivity index (χ3v) is 6.82. The molecule has 4 rings (SSSR count). The van der Waals surface area contributed by atoms with Crippen molar-refractivity contribution in [2.75, 3.05) is 29.9 Å². The Morgan fingerprint density at radius 3 is 2.53 bits per heavy atom. The number of sulfonamides is 1. The quantitative estimate of drug-likeness (QED) is 0.482. The molecule has 0 saturated carbocycles. The number of benzene rings is 3. The number of rotatable bonds is 7. The van der Waals surface area contributed by atoms with Crippen molar-refractivity contribution in [3.05, 3.63) is 78.1 Å². The van der Waals surface area contributed by atoms with E-state index in [1.54, 1.807) is 31.2 Å². The van der Waals surface area contributed by atoms with Crippen molar-refractivity contribution in [1.29, 1.82) is 0 Å².